The highest BCUT2D eigenvalue weighted by Gasteiger charge is 2.13. The molecule has 29 heavy (non-hydrogen) atoms. The first kappa shape index (κ1) is 18.7. The van der Waals surface area contributed by atoms with Gasteiger partial charge in [-0.25, -0.2) is 15.0 Å². The standard InChI is InChI=1S/C22H21N5O2/c1-14-15-7-3-5-9-17(15)25-20(23-14)13-27(2)21(28)12-11-19-24-18-10-6-4-8-16(18)22(29)26-19/h3-10H,11-13H2,1-2H3,(H,24,26,29). The SMILES string of the molecule is Cc1nc(CN(C)C(=O)CCc2nc3ccccc3c(=O)[nH]2)nc2ccccc12. The highest BCUT2D eigenvalue weighted by atomic mass is 16.2. The highest BCUT2D eigenvalue weighted by molar-refractivity contribution is 5.81. The molecule has 0 radical (unpaired) electrons. The van der Waals surface area contributed by atoms with Gasteiger partial charge in [-0.15, -0.1) is 0 Å². The van der Waals surface area contributed by atoms with E-state index in [0.29, 0.717) is 35.5 Å². The van der Waals surface area contributed by atoms with Crippen molar-refractivity contribution in [2.24, 2.45) is 0 Å². The molecule has 0 fully saturated rings. The molecule has 0 saturated carbocycles. The minimum absolute atomic E-state index is 0.0600. The lowest BCUT2D eigenvalue weighted by Gasteiger charge is -2.17. The first-order valence-electron chi connectivity index (χ1n) is 9.45. The number of rotatable bonds is 5. The Morgan fingerprint density at radius 2 is 1.62 bits per heavy atom. The third-order valence-electron chi connectivity index (χ3n) is 4.88. The molecule has 0 unspecified atom stereocenters. The van der Waals surface area contributed by atoms with Crippen LogP contribution >= 0.6 is 0 Å². The lowest BCUT2D eigenvalue weighted by molar-refractivity contribution is -0.130. The van der Waals surface area contributed by atoms with E-state index in [1.807, 2.05) is 37.3 Å². The summed E-state index contributed by atoms with van der Waals surface area (Å²) in [4.78, 5) is 42.6. The monoisotopic (exact) mass is 387 g/mol. The number of amides is 1. The van der Waals surface area contributed by atoms with E-state index >= 15 is 0 Å². The van der Waals surface area contributed by atoms with Crippen LogP contribution in [0.25, 0.3) is 21.8 Å². The number of hydrogen-bond donors (Lipinski definition) is 1. The van der Waals surface area contributed by atoms with Crippen LogP contribution in [0.1, 0.15) is 23.8 Å². The zero-order chi connectivity index (χ0) is 20.4. The van der Waals surface area contributed by atoms with Crippen molar-refractivity contribution in [1.29, 1.82) is 0 Å². The Morgan fingerprint density at radius 3 is 2.38 bits per heavy atom. The van der Waals surface area contributed by atoms with Gasteiger partial charge in [0.1, 0.15) is 11.6 Å². The Morgan fingerprint density at radius 1 is 0.966 bits per heavy atom. The topological polar surface area (TPSA) is 91.8 Å². The number of fused-ring (bicyclic) bond motifs is 2. The zero-order valence-corrected chi connectivity index (χ0v) is 16.3. The van der Waals surface area contributed by atoms with Gasteiger partial charge in [0.05, 0.1) is 23.0 Å². The van der Waals surface area contributed by atoms with Gasteiger partial charge in [0.2, 0.25) is 5.91 Å². The second-order valence-corrected chi connectivity index (χ2v) is 7.02. The van der Waals surface area contributed by atoms with Crippen molar-refractivity contribution < 1.29 is 4.79 Å². The molecule has 0 atom stereocenters. The highest BCUT2D eigenvalue weighted by Crippen LogP contribution is 2.15. The molecule has 0 spiro atoms. The van der Waals surface area contributed by atoms with E-state index in [1.165, 1.54) is 0 Å². The number of aryl methyl sites for hydroxylation is 2. The molecule has 0 aliphatic rings. The van der Waals surface area contributed by atoms with Gasteiger partial charge in [0, 0.05) is 31.0 Å². The Kier molecular flexibility index (Phi) is 5.03. The van der Waals surface area contributed by atoms with Crippen LogP contribution in [0.5, 0.6) is 0 Å². The normalized spacial score (nSPS) is 11.1. The molecule has 0 aliphatic heterocycles. The minimum atomic E-state index is -0.188. The molecule has 2 aromatic heterocycles. The van der Waals surface area contributed by atoms with E-state index in [9.17, 15) is 9.59 Å². The van der Waals surface area contributed by atoms with E-state index < -0.39 is 0 Å². The molecular weight excluding hydrogens is 366 g/mol. The Hall–Kier alpha value is -3.61. The maximum absolute atomic E-state index is 12.6. The van der Waals surface area contributed by atoms with Crippen molar-refractivity contribution in [3.8, 4) is 0 Å². The molecule has 1 N–H and O–H groups in total. The lowest BCUT2D eigenvalue weighted by atomic mass is 10.2. The van der Waals surface area contributed by atoms with E-state index in [2.05, 4.69) is 19.9 Å². The molecule has 4 aromatic rings. The van der Waals surface area contributed by atoms with Gasteiger partial charge in [-0.2, -0.15) is 0 Å². The largest absolute Gasteiger partial charge is 0.338 e. The first-order chi connectivity index (χ1) is 14.0. The van der Waals surface area contributed by atoms with Crippen molar-refractivity contribution >= 4 is 27.7 Å². The minimum Gasteiger partial charge on any atom is -0.338 e. The van der Waals surface area contributed by atoms with Crippen LogP contribution in [0.3, 0.4) is 0 Å². The predicted octanol–water partition coefficient (Wildman–Crippen LogP) is 2.77. The number of aromatic nitrogens is 4. The maximum atomic E-state index is 12.6. The average molecular weight is 387 g/mol. The van der Waals surface area contributed by atoms with E-state index in [1.54, 1.807) is 30.1 Å². The molecule has 146 valence electrons. The fourth-order valence-corrected chi connectivity index (χ4v) is 3.34. The summed E-state index contributed by atoms with van der Waals surface area (Å²) in [5.41, 5.74) is 2.21. The number of carbonyl (C=O) groups is 1. The van der Waals surface area contributed by atoms with Crippen LogP contribution in [0, 0.1) is 6.92 Å². The van der Waals surface area contributed by atoms with Crippen molar-refractivity contribution in [3.05, 3.63) is 76.2 Å². The molecule has 7 nitrogen and oxygen atoms in total. The summed E-state index contributed by atoms with van der Waals surface area (Å²) in [5.74, 6) is 1.05. The third kappa shape index (κ3) is 3.99. The summed E-state index contributed by atoms with van der Waals surface area (Å²) >= 11 is 0. The molecule has 0 aliphatic carbocycles. The van der Waals surface area contributed by atoms with Crippen molar-refractivity contribution in [2.45, 2.75) is 26.3 Å². The van der Waals surface area contributed by atoms with Gasteiger partial charge in [0.25, 0.3) is 5.56 Å². The van der Waals surface area contributed by atoms with Gasteiger partial charge >= 0.3 is 0 Å². The fraction of sp³-hybridized carbons (Fsp3) is 0.227. The van der Waals surface area contributed by atoms with E-state index in [4.69, 9.17) is 0 Å². The molecule has 0 saturated heterocycles. The molecule has 7 heteroatoms. The number of benzene rings is 2. The molecule has 0 bridgehead atoms. The number of hydrogen-bond acceptors (Lipinski definition) is 5. The van der Waals surface area contributed by atoms with E-state index in [-0.39, 0.29) is 17.9 Å². The smallest absolute Gasteiger partial charge is 0.258 e. The second-order valence-electron chi connectivity index (χ2n) is 7.02. The summed E-state index contributed by atoms with van der Waals surface area (Å²) in [6, 6.07) is 15.0. The van der Waals surface area contributed by atoms with Crippen molar-refractivity contribution in [1.82, 2.24) is 24.8 Å². The maximum Gasteiger partial charge on any atom is 0.258 e. The molecular formula is C22H21N5O2. The van der Waals surface area contributed by atoms with Gasteiger partial charge < -0.3 is 9.88 Å². The Bertz CT molecular complexity index is 1270. The molecule has 2 aromatic carbocycles. The molecule has 4 rings (SSSR count). The molecule has 2 heterocycles. The third-order valence-corrected chi connectivity index (χ3v) is 4.88. The lowest BCUT2D eigenvalue weighted by Crippen LogP contribution is -2.28. The number of nitrogens with zero attached hydrogens (tertiary/aromatic N) is 4. The average Bonchev–Trinajstić information content (AvgIpc) is 2.72. The van der Waals surface area contributed by atoms with Gasteiger partial charge in [-0.05, 0) is 25.1 Å². The summed E-state index contributed by atoms with van der Waals surface area (Å²) in [5, 5.41) is 1.56. The van der Waals surface area contributed by atoms with Crippen LogP contribution in [0.4, 0.5) is 0 Å². The summed E-state index contributed by atoms with van der Waals surface area (Å²) in [6.07, 6.45) is 0.602. The van der Waals surface area contributed by atoms with Crippen LogP contribution in [0.15, 0.2) is 53.3 Å². The second kappa shape index (κ2) is 7.79. The van der Waals surface area contributed by atoms with Crippen molar-refractivity contribution in [3.63, 3.8) is 0 Å². The van der Waals surface area contributed by atoms with Crippen LogP contribution in [0.2, 0.25) is 0 Å². The number of carbonyl (C=O) groups excluding carboxylic acids is 1. The van der Waals surface area contributed by atoms with Gasteiger partial charge in [0.15, 0.2) is 0 Å². The predicted molar refractivity (Wildman–Crippen MR) is 111 cm³/mol. The summed E-state index contributed by atoms with van der Waals surface area (Å²) < 4.78 is 0. The fourth-order valence-electron chi connectivity index (χ4n) is 3.34. The van der Waals surface area contributed by atoms with Crippen LogP contribution in [-0.4, -0.2) is 37.8 Å². The Balaban J connectivity index is 1.44. The van der Waals surface area contributed by atoms with Crippen LogP contribution < -0.4 is 5.56 Å². The summed E-state index contributed by atoms with van der Waals surface area (Å²) in [6.45, 7) is 2.27. The zero-order valence-electron chi connectivity index (χ0n) is 16.3. The van der Waals surface area contributed by atoms with Gasteiger partial charge in [-0.1, -0.05) is 30.3 Å². The van der Waals surface area contributed by atoms with Crippen molar-refractivity contribution in [2.75, 3.05) is 7.05 Å². The van der Waals surface area contributed by atoms with E-state index in [0.717, 1.165) is 16.6 Å². The summed E-state index contributed by atoms with van der Waals surface area (Å²) in [7, 11) is 1.73. The van der Waals surface area contributed by atoms with Gasteiger partial charge in [-0.3, -0.25) is 9.59 Å². The first-order valence-corrected chi connectivity index (χ1v) is 9.45. The number of H-pyrrole nitrogens is 1. The number of aromatic amines is 1. The quantitative estimate of drug-likeness (QED) is 0.568. The van der Waals surface area contributed by atoms with Crippen LogP contribution in [-0.2, 0) is 17.8 Å². The number of para-hydroxylation sites is 2. The Labute approximate surface area is 167 Å². The number of nitrogens with one attached hydrogen (secondary N) is 1. The molecule has 1 amide bonds.